The summed E-state index contributed by atoms with van der Waals surface area (Å²) in [5.74, 6) is 18.7. The number of hydrogen-bond donors (Lipinski definition) is 0. The average molecular weight is 1200 g/mol. The number of thioether (sulfide) groups is 2. The van der Waals surface area contributed by atoms with Crippen molar-refractivity contribution in [2.75, 3.05) is 30.1 Å². The summed E-state index contributed by atoms with van der Waals surface area (Å²) in [5.41, 5.74) is 15.5. The van der Waals surface area contributed by atoms with Crippen molar-refractivity contribution in [3.8, 4) is 34.8 Å². The van der Waals surface area contributed by atoms with Gasteiger partial charge in [0.15, 0.2) is 16.6 Å². The molecular weight excluding hydrogens is 1100 g/mol. The Morgan fingerprint density at radius 3 is 1.29 bits per heavy atom. The highest BCUT2D eigenvalue weighted by atomic mass is 32.2. The number of benzene rings is 5. The minimum atomic E-state index is -1.72. The van der Waals surface area contributed by atoms with Crippen LogP contribution < -0.4 is 5.46 Å². The number of rotatable bonds is 16. The van der Waals surface area contributed by atoms with Crippen molar-refractivity contribution in [3.05, 3.63) is 158 Å². The molecule has 450 valence electrons. The summed E-state index contributed by atoms with van der Waals surface area (Å²) >= 11 is 4.03. The molecule has 3 saturated heterocycles. The quantitative estimate of drug-likeness (QED) is 0.0550. The minimum Gasteiger partial charge on any atom is -0.469 e. The van der Waals surface area contributed by atoms with Crippen LogP contribution in [0, 0.1) is 51.4 Å². The molecule has 0 atom stereocenters. The Kier molecular flexibility index (Phi) is 21.9. The fraction of sp³-hybridized carbons (Fsp3) is 0.521. The van der Waals surface area contributed by atoms with Crippen molar-refractivity contribution in [2.24, 2.45) is 0 Å². The fourth-order valence-electron chi connectivity index (χ4n) is 12.6. The molecule has 0 N–H and O–H groups in total. The zero-order valence-corrected chi connectivity index (χ0v) is 58.4. The molecule has 0 saturated carbocycles. The van der Waals surface area contributed by atoms with Crippen LogP contribution in [0.15, 0.2) is 97.1 Å². The van der Waals surface area contributed by atoms with E-state index in [0.717, 1.165) is 102 Å². The summed E-state index contributed by atoms with van der Waals surface area (Å²) in [7, 11) is -2.35. The fourth-order valence-corrected chi connectivity index (χ4v) is 17.8. The molecule has 0 aromatic heterocycles. The van der Waals surface area contributed by atoms with Crippen LogP contribution in [0.1, 0.15) is 168 Å². The second-order valence-electron chi connectivity index (χ2n) is 26.9. The third kappa shape index (κ3) is 15.7. The van der Waals surface area contributed by atoms with Gasteiger partial charge in [-0.1, -0.05) is 142 Å². The van der Waals surface area contributed by atoms with E-state index in [0.29, 0.717) is 6.42 Å². The molecule has 3 aliphatic heterocycles. The molecule has 0 radical (unpaired) electrons. The van der Waals surface area contributed by atoms with Crippen LogP contribution in [0.2, 0.25) is 39.3 Å². The Labute approximate surface area is 519 Å². The number of ether oxygens (including phenoxy) is 1. The first-order valence-electron chi connectivity index (χ1n) is 31.1. The lowest BCUT2D eigenvalue weighted by molar-refractivity contribution is -0.139. The Morgan fingerprint density at radius 1 is 0.548 bits per heavy atom. The van der Waals surface area contributed by atoms with Gasteiger partial charge in [-0.25, -0.2) is 0 Å². The third-order valence-corrected chi connectivity index (χ3v) is 22.4. The number of methoxy groups -OCH3 is 1. The molecular formula is C73H99BO6S2Si2. The maximum Gasteiger partial charge on any atom is 0.495 e. The SMILES string of the molecule is CCC(CC)(c1ccc(C#CC2(O[Si](C)(C)C)CCSCC2)c(C)c1)c1ccc(-c2ccc(CC(=O)OC)cc2)c(C)c1.CCC(CC)(c1ccc(C#CC2(O[Si](C)(C)C)CCSCC2)c(C)c1)c1ccc(B2OC(C)(C)C(C)(C)O2)c(C)c1. The number of carbonyl (C=O) groups excluding carboxylic acids is 1. The molecule has 5 aromatic carbocycles. The van der Waals surface area contributed by atoms with E-state index >= 15 is 0 Å². The van der Waals surface area contributed by atoms with Crippen LogP contribution >= 0.6 is 23.5 Å². The van der Waals surface area contributed by atoms with Gasteiger partial charge in [0, 0.05) is 22.0 Å². The largest absolute Gasteiger partial charge is 0.495 e. The molecule has 6 nitrogen and oxygen atoms in total. The summed E-state index contributed by atoms with van der Waals surface area (Å²) in [6, 6.07) is 35.8. The molecule has 3 aliphatic rings. The van der Waals surface area contributed by atoms with Crippen molar-refractivity contribution in [3.63, 3.8) is 0 Å². The lowest BCUT2D eigenvalue weighted by atomic mass is 9.68. The van der Waals surface area contributed by atoms with Gasteiger partial charge in [0.1, 0.15) is 11.2 Å². The summed E-state index contributed by atoms with van der Waals surface area (Å²) < 4.78 is 31.0. The Morgan fingerprint density at radius 2 is 0.929 bits per heavy atom. The summed E-state index contributed by atoms with van der Waals surface area (Å²) in [6.45, 7) is 40.1. The van der Waals surface area contributed by atoms with Gasteiger partial charge in [-0.3, -0.25) is 4.79 Å². The molecule has 0 bridgehead atoms. The highest BCUT2D eigenvalue weighted by Gasteiger charge is 2.52. The lowest BCUT2D eigenvalue weighted by Gasteiger charge is -2.38. The third-order valence-electron chi connectivity index (χ3n) is 18.4. The Balaban J connectivity index is 0.000000241. The van der Waals surface area contributed by atoms with Gasteiger partial charge in [0.05, 0.1) is 24.7 Å². The summed E-state index contributed by atoms with van der Waals surface area (Å²) in [6.07, 6.45) is 8.41. The smallest absolute Gasteiger partial charge is 0.469 e. The molecule has 84 heavy (non-hydrogen) atoms. The minimum absolute atomic E-state index is 0.0707. The first kappa shape index (κ1) is 67.2. The second-order valence-corrected chi connectivity index (χ2v) is 38.2. The van der Waals surface area contributed by atoms with E-state index in [1.54, 1.807) is 0 Å². The van der Waals surface area contributed by atoms with Gasteiger partial charge in [-0.15, -0.1) is 0 Å². The van der Waals surface area contributed by atoms with Crippen molar-refractivity contribution in [1.29, 1.82) is 0 Å². The van der Waals surface area contributed by atoms with Crippen LogP contribution in [-0.4, -0.2) is 82.2 Å². The van der Waals surface area contributed by atoms with Crippen molar-refractivity contribution < 1.29 is 27.7 Å². The molecule has 11 heteroatoms. The van der Waals surface area contributed by atoms with E-state index in [1.165, 1.54) is 57.2 Å². The van der Waals surface area contributed by atoms with E-state index in [-0.39, 0.29) is 46.3 Å². The van der Waals surface area contributed by atoms with Crippen molar-refractivity contribution in [2.45, 2.75) is 213 Å². The van der Waals surface area contributed by atoms with Gasteiger partial charge in [-0.05, 0) is 242 Å². The van der Waals surface area contributed by atoms with E-state index in [2.05, 4.69) is 231 Å². The molecule has 0 spiro atoms. The zero-order chi connectivity index (χ0) is 61.5. The maximum atomic E-state index is 11.7. The van der Waals surface area contributed by atoms with E-state index in [1.807, 2.05) is 35.7 Å². The highest BCUT2D eigenvalue weighted by molar-refractivity contribution is 7.99. The number of carbonyl (C=O) groups is 1. The first-order valence-corrected chi connectivity index (χ1v) is 40.2. The number of esters is 1. The molecule has 5 aromatic rings. The van der Waals surface area contributed by atoms with Crippen molar-refractivity contribution in [1.82, 2.24) is 0 Å². The van der Waals surface area contributed by atoms with Crippen LogP contribution in [0.25, 0.3) is 11.1 Å². The molecule has 0 aliphatic carbocycles. The van der Waals surface area contributed by atoms with Crippen LogP contribution in [-0.2, 0) is 44.9 Å². The number of hydrogen-bond acceptors (Lipinski definition) is 8. The molecule has 8 rings (SSSR count). The van der Waals surface area contributed by atoms with Crippen LogP contribution in [0.3, 0.4) is 0 Å². The van der Waals surface area contributed by atoms with Crippen LogP contribution in [0.4, 0.5) is 0 Å². The second kappa shape index (κ2) is 27.4. The molecule has 0 amide bonds. The summed E-state index contributed by atoms with van der Waals surface area (Å²) in [4.78, 5) is 11.7. The monoisotopic (exact) mass is 1200 g/mol. The normalized spacial score (nSPS) is 17.4. The van der Waals surface area contributed by atoms with Gasteiger partial charge in [0.2, 0.25) is 0 Å². The standard InChI is InChI=1S/C38H48O3SSi.C35H51BO3SSi/c1-9-38(10-2,34-17-18-35(29(4)26-34)32-13-11-30(12-14-32)27-36(39)40-5)33-16-15-31(28(3)25-33)19-20-37(41-43(6,7)8)21-23-42-24-22-37;1-12-35(13-2,30-16-17-31(27(4)25-30)36-37-32(5,6)33(7,8)38-36)29-15-14-28(26(3)24-29)18-19-34(39-41(9,10)11)20-22-40-23-21-34/h11-18,25-26H,9-10,21-24,27H2,1-8H3;14-17,24-25H,12-13,20-23H2,1-11H3. The molecule has 3 fully saturated rings. The van der Waals surface area contributed by atoms with Gasteiger partial charge in [-0.2, -0.15) is 23.5 Å². The predicted molar refractivity (Wildman–Crippen MR) is 366 cm³/mol. The first-order chi connectivity index (χ1) is 39.5. The lowest BCUT2D eigenvalue weighted by Crippen LogP contribution is -2.44. The van der Waals surface area contributed by atoms with Gasteiger partial charge >= 0.3 is 13.1 Å². The molecule has 3 heterocycles. The van der Waals surface area contributed by atoms with E-state index < -0.39 is 16.6 Å². The summed E-state index contributed by atoms with van der Waals surface area (Å²) in [5, 5.41) is 0. The Hall–Kier alpha value is -4.27. The number of aryl methyl sites for hydroxylation is 4. The average Bonchev–Trinajstić information content (AvgIpc) is 1.81. The maximum absolute atomic E-state index is 11.7. The van der Waals surface area contributed by atoms with Gasteiger partial charge < -0.3 is 22.9 Å². The van der Waals surface area contributed by atoms with Crippen LogP contribution in [0.5, 0.6) is 0 Å². The van der Waals surface area contributed by atoms with E-state index in [9.17, 15) is 4.79 Å². The Bertz CT molecular complexity index is 3200. The predicted octanol–water partition coefficient (Wildman–Crippen LogP) is 17.4. The molecule has 0 unspecified atom stereocenters. The topological polar surface area (TPSA) is 63.2 Å². The zero-order valence-electron chi connectivity index (χ0n) is 54.8. The van der Waals surface area contributed by atoms with E-state index in [4.69, 9.17) is 22.9 Å². The van der Waals surface area contributed by atoms with Crippen molar-refractivity contribution >= 4 is 58.7 Å². The van der Waals surface area contributed by atoms with Gasteiger partial charge in [0.25, 0.3) is 0 Å². The highest BCUT2D eigenvalue weighted by Crippen LogP contribution is 2.44.